The van der Waals surface area contributed by atoms with Crippen LogP contribution >= 0.6 is 0 Å². The summed E-state index contributed by atoms with van der Waals surface area (Å²) in [6, 6.07) is -0.253. The van der Waals surface area contributed by atoms with E-state index in [1.165, 1.54) is 0 Å². The Bertz CT molecular complexity index is 349. The van der Waals surface area contributed by atoms with E-state index in [0.717, 1.165) is 5.82 Å². The Morgan fingerprint density at radius 2 is 2.38 bits per heavy atom. The fraction of sp³-hybridized carbons (Fsp3) is 0.636. The third-order valence-electron chi connectivity index (χ3n) is 2.60. The van der Waals surface area contributed by atoms with E-state index in [1.54, 1.807) is 6.20 Å². The smallest absolute Gasteiger partial charge is 0.323 e. The largest absolute Gasteiger partial charge is 0.465 e. The van der Waals surface area contributed by atoms with E-state index in [-0.39, 0.29) is 12.0 Å². The Kier molecular flexibility index (Phi) is 4.49. The second-order valence-electron chi connectivity index (χ2n) is 3.80. The maximum Gasteiger partial charge on any atom is 0.323 e. The minimum absolute atomic E-state index is 0.195. The minimum Gasteiger partial charge on any atom is -0.465 e. The van der Waals surface area contributed by atoms with E-state index in [0.29, 0.717) is 13.2 Å². The van der Waals surface area contributed by atoms with E-state index >= 15 is 0 Å². The van der Waals surface area contributed by atoms with Crippen LogP contribution in [0.3, 0.4) is 0 Å². The lowest BCUT2D eigenvalue weighted by Crippen LogP contribution is -2.37. The fourth-order valence-electron chi connectivity index (χ4n) is 1.35. The lowest BCUT2D eigenvalue weighted by atomic mass is 10.3. The molecule has 0 bridgehead atoms. The van der Waals surface area contributed by atoms with Crippen molar-refractivity contribution in [2.24, 2.45) is 7.05 Å². The van der Waals surface area contributed by atoms with Crippen molar-refractivity contribution in [1.82, 2.24) is 14.5 Å². The van der Waals surface area contributed by atoms with Crippen molar-refractivity contribution in [1.29, 1.82) is 0 Å². The molecule has 1 rings (SSSR count). The van der Waals surface area contributed by atoms with Gasteiger partial charge in [0.2, 0.25) is 0 Å². The molecule has 0 saturated carbocycles. The van der Waals surface area contributed by atoms with Gasteiger partial charge in [0, 0.05) is 19.4 Å². The summed E-state index contributed by atoms with van der Waals surface area (Å²) in [5.74, 6) is 0.734. The van der Waals surface area contributed by atoms with Crippen molar-refractivity contribution in [2.45, 2.75) is 26.4 Å². The van der Waals surface area contributed by atoms with E-state index in [4.69, 9.17) is 4.74 Å². The van der Waals surface area contributed by atoms with Crippen molar-refractivity contribution in [3.63, 3.8) is 0 Å². The molecular weight excluding hydrogens is 206 g/mol. The van der Waals surface area contributed by atoms with Gasteiger partial charge in [-0.2, -0.15) is 0 Å². The summed E-state index contributed by atoms with van der Waals surface area (Å²) in [6.07, 6.45) is 3.64. The monoisotopic (exact) mass is 225 g/mol. The zero-order chi connectivity index (χ0) is 12.1. The molecule has 0 aliphatic carbocycles. The van der Waals surface area contributed by atoms with E-state index in [9.17, 15) is 4.79 Å². The van der Waals surface area contributed by atoms with Gasteiger partial charge in [-0.15, -0.1) is 0 Å². The summed E-state index contributed by atoms with van der Waals surface area (Å²) in [6.45, 7) is 4.69. The van der Waals surface area contributed by atoms with Crippen molar-refractivity contribution in [3.8, 4) is 0 Å². The predicted octanol–water partition coefficient (Wildman–Crippen LogP) is 0.803. The number of hydrogen-bond donors (Lipinski definition) is 0. The van der Waals surface area contributed by atoms with Crippen LogP contribution in [0.2, 0.25) is 0 Å². The van der Waals surface area contributed by atoms with Crippen LogP contribution in [0.1, 0.15) is 19.7 Å². The Hall–Kier alpha value is -1.36. The van der Waals surface area contributed by atoms with E-state index < -0.39 is 0 Å². The van der Waals surface area contributed by atoms with Crippen LogP contribution in [0.5, 0.6) is 0 Å². The van der Waals surface area contributed by atoms with Crippen LogP contribution in [0.15, 0.2) is 12.4 Å². The van der Waals surface area contributed by atoms with Gasteiger partial charge in [0.25, 0.3) is 0 Å². The van der Waals surface area contributed by atoms with Gasteiger partial charge in [0.15, 0.2) is 0 Å². The maximum atomic E-state index is 11.5. The molecular formula is C11H19N3O2. The summed E-state index contributed by atoms with van der Waals surface area (Å²) in [5.41, 5.74) is 0. The lowest BCUT2D eigenvalue weighted by Gasteiger charge is -2.22. The molecule has 90 valence electrons. The Labute approximate surface area is 96.0 Å². The molecule has 16 heavy (non-hydrogen) atoms. The highest BCUT2D eigenvalue weighted by molar-refractivity contribution is 5.75. The first-order valence-corrected chi connectivity index (χ1v) is 5.39. The number of hydrogen-bond acceptors (Lipinski definition) is 4. The van der Waals surface area contributed by atoms with Crippen molar-refractivity contribution in [3.05, 3.63) is 18.2 Å². The summed E-state index contributed by atoms with van der Waals surface area (Å²) >= 11 is 0. The van der Waals surface area contributed by atoms with Gasteiger partial charge in [-0.1, -0.05) is 0 Å². The third-order valence-corrected chi connectivity index (χ3v) is 2.60. The normalized spacial score (nSPS) is 12.8. The molecule has 1 unspecified atom stereocenters. The molecule has 0 radical (unpaired) electrons. The molecule has 5 nitrogen and oxygen atoms in total. The van der Waals surface area contributed by atoms with Gasteiger partial charge in [-0.3, -0.25) is 9.69 Å². The molecule has 0 aliphatic rings. The number of carbonyl (C=O) groups is 1. The molecule has 5 heteroatoms. The Morgan fingerprint density at radius 1 is 1.69 bits per heavy atom. The van der Waals surface area contributed by atoms with Crippen LogP contribution in [-0.2, 0) is 23.1 Å². The average Bonchev–Trinajstić information content (AvgIpc) is 2.63. The van der Waals surface area contributed by atoms with E-state index in [2.05, 4.69) is 4.98 Å². The summed E-state index contributed by atoms with van der Waals surface area (Å²) in [7, 11) is 3.82. The molecule has 0 saturated heterocycles. The standard InChI is InChI=1S/C11H19N3O2/c1-5-16-11(15)9(2)14(4)8-10-12-6-7-13(10)3/h6-7,9H,5,8H2,1-4H3. The zero-order valence-corrected chi connectivity index (χ0v) is 10.3. The number of aromatic nitrogens is 2. The first kappa shape index (κ1) is 12.7. The van der Waals surface area contributed by atoms with Crippen molar-refractivity contribution >= 4 is 5.97 Å². The van der Waals surface area contributed by atoms with Gasteiger partial charge < -0.3 is 9.30 Å². The van der Waals surface area contributed by atoms with Crippen LogP contribution in [0.25, 0.3) is 0 Å². The van der Waals surface area contributed by atoms with Gasteiger partial charge in [-0.25, -0.2) is 4.98 Å². The fourth-order valence-corrected chi connectivity index (χ4v) is 1.35. The first-order valence-electron chi connectivity index (χ1n) is 5.39. The molecule has 1 heterocycles. The topological polar surface area (TPSA) is 47.4 Å². The van der Waals surface area contributed by atoms with Crippen LogP contribution in [0, 0.1) is 0 Å². The van der Waals surface area contributed by atoms with Gasteiger partial charge in [0.1, 0.15) is 11.9 Å². The summed E-state index contributed by atoms with van der Waals surface area (Å²) in [4.78, 5) is 17.6. The zero-order valence-electron chi connectivity index (χ0n) is 10.3. The van der Waals surface area contributed by atoms with Crippen LogP contribution in [0.4, 0.5) is 0 Å². The molecule has 1 aromatic rings. The Balaban J connectivity index is 2.55. The highest BCUT2D eigenvalue weighted by Gasteiger charge is 2.20. The first-order chi connectivity index (χ1) is 7.56. The predicted molar refractivity (Wildman–Crippen MR) is 60.8 cm³/mol. The molecule has 0 spiro atoms. The van der Waals surface area contributed by atoms with Crippen LogP contribution in [-0.4, -0.2) is 40.1 Å². The molecule has 0 aliphatic heterocycles. The molecule has 0 fully saturated rings. The lowest BCUT2D eigenvalue weighted by molar-refractivity contribution is -0.148. The second kappa shape index (κ2) is 5.65. The number of likely N-dealkylation sites (N-methyl/N-ethyl adjacent to an activating group) is 1. The molecule has 1 atom stereocenters. The van der Waals surface area contributed by atoms with Gasteiger partial charge in [0.05, 0.1) is 13.2 Å². The molecule has 0 amide bonds. The van der Waals surface area contributed by atoms with Crippen molar-refractivity contribution in [2.75, 3.05) is 13.7 Å². The van der Waals surface area contributed by atoms with Gasteiger partial charge >= 0.3 is 5.97 Å². The second-order valence-corrected chi connectivity index (χ2v) is 3.80. The molecule has 0 aromatic carbocycles. The maximum absolute atomic E-state index is 11.5. The number of rotatable bonds is 5. The average molecular weight is 225 g/mol. The highest BCUT2D eigenvalue weighted by Crippen LogP contribution is 2.05. The summed E-state index contributed by atoms with van der Waals surface area (Å²) < 4.78 is 6.91. The Morgan fingerprint density at radius 3 is 2.88 bits per heavy atom. The number of carbonyl (C=O) groups excluding carboxylic acids is 1. The number of aryl methyl sites for hydroxylation is 1. The number of ether oxygens (including phenoxy) is 1. The van der Waals surface area contributed by atoms with Gasteiger partial charge in [-0.05, 0) is 20.9 Å². The third kappa shape index (κ3) is 3.06. The van der Waals surface area contributed by atoms with E-state index in [1.807, 2.05) is 43.6 Å². The quantitative estimate of drug-likeness (QED) is 0.696. The van der Waals surface area contributed by atoms with Crippen molar-refractivity contribution < 1.29 is 9.53 Å². The van der Waals surface area contributed by atoms with Crippen LogP contribution < -0.4 is 0 Å². The minimum atomic E-state index is -0.253. The molecule has 0 N–H and O–H groups in total. The number of nitrogens with zero attached hydrogens (tertiary/aromatic N) is 3. The summed E-state index contributed by atoms with van der Waals surface area (Å²) in [5, 5.41) is 0. The molecule has 1 aromatic heterocycles. The highest BCUT2D eigenvalue weighted by atomic mass is 16.5. The number of imidazole rings is 1. The SMILES string of the molecule is CCOC(=O)C(C)N(C)Cc1nccn1C. The number of esters is 1.